The Morgan fingerprint density at radius 2 is 1.80 bits per heavy atom. The van der Waals surface area contributed by atoms with E-state index in [4.69, 9.17) is 4.74 Å². The van der Waals surface area contributed by atoms with Crippen LogP contribution in [0.3, 0.4) is 0 Å². The molecule has 1 atom stereocenters. The summed E-state index contributed by atoms with van der Waals surface area (Å²) in [7, 11) is 0. The second-order valence-corrected chi connectivity index (χ2v) is 6.03. The van der Waals surface area contributed by atoms with E-state index >= 15 is 0 Å². The summed E-state index contributed by atoms with van der Waals surface area (Å²) in [6.07, 6.45) is 1.95. The fourth-order valence-corrected chi connectivity index (χ4v) is 2.85. The molecular weight excluding hydrogens is 316 g/mol. The van der Waals surface area contributed by atoms with Gasteiger partial charge in [-0.2, -0.15) is 0 Å². The fourth-order valence-electron chi connectivity index (χ4n) is 2.85. The van der Waals surface area contributed by atoms with Gasteiger partial charge in [0.15, 0.2) is 0 Å². The molecule has 2 amide bonds. The van der Waals surface area contributed by atoms with Crippen LogP contribution < -0.4 is 10.6 Å². The highest BCUT2D eigenvalue weighted by molar-refractivity contribution is 6.04. The van der Waals surface area contributed by atoms with Gasteiger partial charge in [0, 0.05) is 13.2 Å². The molecule has 0 radical (unpaired) electrons. The molecule has 1 fully saturated rings. The van der Waals surface area contributed by atoms with Crippen molar-refractivity contribution in [2.24, 2.45) is 0 Å². The van der Waals surface area contributed by atoms with Crippen molar-refractivity contribution in [3.8, 4) is 0 Å². The lowest BCUT2D eigenvalue weighted by atomic mass is 10.1. The molecule has 3 rings (SSSR count). The zero-order valence-corrected chi connectivity index (χ0v) is 14.0. The Labute approximate surface area is 147 Å². The molecule has 0 aromatic heterocycles. The quantitative estimate of drug-likeness (QED) is 0.851. The molecule has 0 unspecified atom stereocenters. The van der Waals surface area contributed by atoms with E-state index in [9.17, 15) is 9.59 Å². The van der Waals surface area contributed by atoms with Gasteiger partial charge in [-0.05, 0) is 37.0 Å². The molecule has 0 spiro atoms. The molecule has 2 aromatic rings. The highest BCUT2D eigenvalue weighted by Crippen LogP contribution is 2.18. The van der Waals surface area contributed by atoms with E-state index < -0.39 is 6.10 Å². The van der Waals surface area contributed by atoms with Crippen LogP contribution in [0, 0.1) is 0 Å². The van der Waals surface area contributed by atoms with Crippen LogP contribution in [0.25, 0.3) is 0 Å². The zero-order chi connectivity index (χ0) is 17.5. The third kappa shape index (κ3) is 4.67. The van der Waals surface area contributed by atoms with Gasteiger partial charge >= 0.3 is 0 Å². The van der Waals surface area contributed by atoms with Crippen LogP contribution in [-0.4, -0.2) is 31.1 Å². The van der Waals surface area contributed by atoms with Crippen molar-refractivity contribution in [2.75, 3.05) is 18.5 Å². The van der Waals surface area contributed by atoms with Crippen molar-refractivity contribution < 1.29 is 14.3 Å². The Morgan fingerprint density at radius 3 is 2.56 bits per heavy atom. The number of para-hydroxylation sites is 1. The highest BCUT2D eigenvalue weighted by atomic mass is 16.5. The first-order valence-corrected chi connectivity index (χ1v) is 8.57. The molecule has 1 saturated heterocycles. The third-order valence-corrected chi connectivity index (χ3v) is 4.19. The van der Waals surface area contributed by atoms with E-state index in [1.807, 2.05) is 30.3 Å². The van der Waals surface area contributed by atoms with Crippen LogP contribution in [0.15, 0.2) is 54.6 Å². The molecule has 2 N–H and O–H groups in total. The molecule has 0 saturated carbocycles. The van der Waals surface area contributed by atoms with Gasteiger partial charge in [0.1, 0.15) is 6.10 Å². The fraction of sp³-hybridized carbons (Fsp3) is 0.300. The van der Waals surface area contributed by atoms with Crippen molar-refractivity contribution in [2.45, 2.75) is 25.4 Å². The molecule has 5 nitrogen and oxygen atoms in total. The molecule has 5 heteroatoms. The summed E-state index contributed by atoms with van der Waals surface area (Å²) in [5.74, 6) is -0.388. The van der Waals surface area contributed by atoms with Crippen molar-refractivity contribution in [1.29, 1.82) is 0 Å². The van der Waals surface area contributed by atoms with Crippen molar-refractivity contribution in [1.82, 2.24) is 5.32 Å². The number of hydrogen-bond acceptors (Lipinski definition) is 3. The van der Waals surface area contributed by atoms with E-state index in [2.05, 4.69) is 10.6 Å². The van der Waals surface area contributed by atoms with Crippen molar-refractivity contribution in [3.63, 3.8) is 0 Å². The molecule has 1 aliphatic rings. The molecule has 25 heavy (non-hydrogen) atoms. The van der Waals surface area contributed by atoms with E-state index in [0.717, 1.165) is 19.3 Å². The first-order chi connectivity index (χ1) is 12.2. The summed E-state index contributed by atoms with van der Waals surface area (Å²) in [5, 5.41) is 5.73. The maximum atomic E-state index is 12.5. The van der Waals surface area contributed by atoms with Crippen LogP contribution in [0.2, 0.25) is 0 Å². The van der Waals surface area contributed by atoms with Gasteiger partial charge in [0.05, 0.1) is 11.3 Å². The van der Waals surface area contributed by atoms with Gasteiger partial charge in [-0.3, -0.25) is 9.59 Å². The monoisotopic (exact) mass is 338 g/mol. The summed E-state index contributed by atoms with van der Waals surface area (Å²) in [6, 6.07) is 17.0. The highest BCUT2D eigenvalue weighted by Gasteiger charge is 2.24. The first-order valence-electron chi connectivity index (χ1n) is 8.57. The molecule has 0 bridgehead atoms. The molecular formula is C20H22N2O3. The number of hydrogen-bond donors (Lipinski definition) is 2. The number of carbonyl (C=O) groups is 2. The van der Waals surface area contributed by atoms with Gasteiger partial charge in [-0.15, -0.1) is 0 Å². The normalized spacial score (nSPS) is 16.4. The Hall–Kier alpha value is -2.66. The first kappa shape index (κ1) is 17.2. The lowest BCUT2D eigenvalue weighted by molar-refractivity contribution is -0.124. The smallest absolute Gasteiger partial charge is 0.253 e. The second kappa shape index (κ2) is 8.44. The Bertz CT molecular complexity index is 725. The summed E-state index contributed by atoms with van der Waals surface area (Å²) >= 11 is 0. The van der Waals surface area contributed by atoms with Crippen LogP contribution in [0.4, 0.5) is 5.69 Å². The standard InChI is InChI=1S/C20H22N2O3/c23-19(21-13-12-15-7-2-1-3-8-15)16-9-4-5-10-17(16)22-20(24)18-11-6-14-25-18/h1-5,7-10,18H,6,11-14H2,(H,21,23)(H,22,24)/t18-/m1/s1. The predicted molar refractivity (Wildman–Crippen MR) is 96.5 cm³/mol. The SMILES string of the molecule is O=C(NCCc1ccccc1)c1ccccc1NC(=O)[C@H]1CCCO1. The Morgan fingerprint density at radius 1 is 1.04 bits per heavy atom. The van der Waals surface area contributed by atoms with E-state index in [0.29, 0.717) is 24.4 Å². The minimum absolute atomic E-state index is 0.193. The average molecular weight is 338 g/mol. The number of rotatable bonds is 6. The summed E-state index contributed by atoms with van der Waals surface area (Å²) in [4.78, 5) is 24.7. The van der Waals surface area contributed by atoms with Crippen molar-refractivity contribution in [3.05, 3.63) is 65.7 Å². The maximum Gasteiger partial charge on any atom is 0.253 e. The second-order valence-electron chi connectivity index (χ2n) is 6.03. The molecule has 2 aromatic carbocycles. The van der Waals surface area contributed by atoms with E-state index in [-0.39, 0.29) is 11.8 Å². The number of amides is 2. The Balaban J connectivity index is 1.59. The van der Waals surface area contributed by atoms with Gasteiger partial charge < -0.3 is 15.4 Å². The number of carbonyl (C=O) groups excluding carboxylic acids is 2. The van der Waals surface area contributed by atoms with Crippen molar-refractivity contribution >= 4 is 17.5 Å². The lowest BCUT2D eigenvalue weighted by Gasteiger charge is -2.14. The lowest BCUT2D eigenvalue weighted by Crippen LogP contribution is -2.30. The average Bonchev–Trinajstić information content (AvgIpc) is 3.18. The molecule has 130 valence electrons. The van der Waals surface area contributed by atoms with E-state index in [1.165, 1.54) is 5.56 Å². The summed E-state index contributed by atoms with van der Waals surface area (Å²) in [6.45, 7) is 1.15. The third-order valence-electron chi connectivity index (χ3n) is 4.19. The number of anilines is 1. The minimum Gasteiger partial charge on any atom is -0.368 e. The zero-order valence-electron chi connectivity index (χ0n) is 14.0. The van der Waals surface area contributed by atoms with Gasteiger partial charge in [-0.1, -0.05) is 42.5 Å². The number of ether oxygens (including phenoxy) is 1. The molecule has 1 aliphatic heterocycles. The van der Waals surface area contributed by atoms with Crippen LogP contribution in [-0.2, 0) is 16.0 Å². The molecule has 0 aliphatic carbocycles. The van der Waals surface area contributed by atoms with Gasteiger partial charge in [0.2, 0.25) is 0 Å². The summed E-state index contributed by atoms with van der Waals surface area (Å²) < 4.78 is 5.39. The van der Waals surface area contributed by atoms with E-state index in [1.54, 1.807) is 24.3 Å². The maximum absolute atomic E-state index is 12.5. The topological polar surface area (TPSA) is 67.4 Å². The number of nitrogens with one attached hydrogen (secondary N) is 2. The van der Waals surface area contributed by atoms with Crippen LogP contribution in [0.1, 0.15) is 28.8 Å². The van der Waals surface area contributed by atoms with Crippen LogP contribution in [0.5, 0.6) is 0 Å². The summed E-state index contributed by atoms with van der Waals surface area (Å²) in [5.41, 5.74) is 2.14. The van der Waals surface area contributed by atoms with Gasteiger partial charge in [0.25, 0.3) is 11.8 Å². The van der Waals surface area contributed by atoms with Gasteiger partial charge in [-0.25, -0.2) is 0 Å². The molecule has 1 heterocycles. The number of benzene rings is 2. The minimum atomic E-state index is -0.422. The Kier molecular flexibility index (Phi) is 5.80. The van der Waals surface area contributed by atoms with Crippen LogP contribution >= 0.6 is 0 Å². The predicted octanol–water partition coefficient (Wildman–Crippen LogP) is 2.78. The largest absolute Gasteiger partial charge is 0.368 e.